The molecule has 0 aromatic heterocycles. The van der Waals surface area contributed by atoms with Crippen LogP contribution in [0, 0.1) is 18.6 Å². The molecule has 0 atom stereocenters. The van der Waals surface area contributed by atoms with Gasteiger partial charge in [0.25, 0.3) is 0 Å². The summed E-state index contributed by atoms with van der Waals surface area (Å²) in [5.41, 5.74) is 2.39. The molecule has 0 bridgehead atoms. The van der Waals surface area contributed by atoms with Crippen molar-refractivity contribution in [2.24, 2.45) is 0 Å². The van der Waals surface area contributed by atoms with E-state index in [0.29, 0.717) is 12.1 Å². The summed E-state index contributed by atoms with van der Waals surface area (Å²) in [5.74, 6) is -1.06. The van der Waals surface area contributed by atoms with Crippen LogP contribution < -0.4 is 10.1 Å². The number of ether oxygens (including phenoxy) is 1. The fourth-order valence-electron chi connectivity index (χ4n) is 2.26. The predicted molar refractivity (Wildman–Crippen MR) is 80.5 cm³/mol. The first-order chi connectivity index (χ1) is 10.1. The topological polar surface area (TPSA) is 21.3 Å². The van der Waals surface area contributed by atoms with Gasteiger partial charge in [-0.15, -0.1) is 0 Å². The summed E-state index contributed by atoms with van der Waals surface area (Å²) < 4.78 is 33.4. The van der Waals surface area contributed by atoms with Gasteiger partial charge in [0.1, 0.15) is 17.4 Å². The van der Waals surface area contributed by atoms with Gasteiger partial charge in [-0.3, -0.25) is 0 Å². The molecule has 112 valence electrons. The Morgan fingerprint density at radius 2 is 1.76 bits per heavy atom. The summed E-state index contributed by atoms with van der Waals surface area (Å²) in [5, 5.41) is 3.19. The SMILES string of the molecule is CCNCc1ccc(C)cc1-c1c(F)cc(OC)cc1F. The summed E-state index contributed by atoms with van der Waals surface area (Å²) in [7, 11) is 1.39. The van der Waals surface area contributed by atoms with Gasteiger partial charge >= 0.3 is 0 Å². The fourth-order valence-corrected chi connectivity index (χ4v) is 2.26. The van der Waals surface area contributed by atoms with Gasteiger partial charge in [-0.2, -0.15) is 0 Å². The van der Waals surface area contributed by atoms with Gasteiger partial charge in [-0.05, 0) is 24.6 Å². The molecule has 4 heteroatoms. The van der Waals surface area contributed by atoms with Gasteiger partial charge in [-0.1, -0.05) is 30.7 Å². The molecule has 2 nitrogen and oxygen atoms in total. The molecular weight excluding hydrogens is 272 g/mol. The first-order valence-corrected chi connectivity index (χ1v) is 6.90. The smallest absolute Gasteiger partial charge is 0.137 e. The Morgan fingerprint density at radius 1 is 1.10 bits per heavy atom. The highest BCUT2D eigenvalue weighted by Gasteiger charge is 2.17. The van der Waals surface area contributed by atoms with E-state index in [-0.39, 0.29) is 11.3 Å². The van der Waals surface area contributed by atoms with Crippen LogP contribution in [0.4, 0.5) is 8.78 Å². The third-order valence-corrected chi connectivity index (χ3v) is 3.35. The van der Waals surface area contributed by atoms with Crippen LogP contribution in [0.5, 0.6) is 5.75 Å². The second kappa shape index (κ2) is 6.68. The van der Waals surface area contributed by atoms with Gasteiger partial charge in [0.05, 0.1) is 12.7 Å². The molecule has 0 saturated heterocycles. The van der Waals surface area contributed by atoms with Crippen molar-refractivity contribution in [3.05, 3.63) is 53.1 Å². The van der Waals surface area contributed by atoms with Crippen molar-refractivity contribution in [3.63, 3.8) is 0 Å². The normalized spacial score (nSPS) is 10.7. The Morgan fingerprint density at radius 3 is 2.33 bits per heavy atom. The van der Waals surface area contributed by atoms with Crippen molar-refractivity contribution in [1.29, 1.82) is 0 Å². The molecule has 21 heavy (non-hydrogen) atoms. The number of aryl methyl sites for hydroxylation is 1. The van der Waals surface area contributed by atoms with E-state index in [9.17, 15) is 8.78 Å². The summed E-state index contributed by atoms with van der Waals surface area (Å²) in [6.07, 6.45) is 0. The Balaban J connectivity index is 2.57. The highest BCUT2D eigenvalue weighted by Crippen LogP contribution is 2.32. The molecule has 0 aliphatic rings. The summed E-state index contributed by atoms with van der Waals surface area (Å²) in [6, 6.07) is 8.06. The zero-order valence-corrected chi connectivity index (χ0v) is 12.5. The Hall–Kier alpha value is -1.94. The minimum atomic E-state index is -0.616. The van der Waals surface area contributed by atoms with Crippen molar-refractivity contribution >= 4 is 0 Å². The van der Waals surface area contributed by atoms with E-state index in [4.69, 9.17) is 4.74 Å². The van der Waals surface area contributed by atoms with Crippen molar-refractivity contribution in [1.82, 2.24) is 5.32 Å². The predicted octanol–water partition coefficient (Wildman–Crippen LogP) is 4.06. The van der Waals surface area contributed by atoms with Crippen molar-refractivity contribution in [3.8, 4) is 16.9 Å². The van der Waals surface area contributed by atoms with E-state index in [1.165, 1.54) is 19.2 Å². The van der Waals surface area contributed by atoms with Crippen LogP contribution in [0.15, 0.2) is 30.3 Å². The molecule has 0 amide bonds. The van der Waals surface area contributed by atoms with Crippen LogP contribution in [0.2, 0.25) is 0 Å². The maximum absolute atomic E-state index is 14.3. The molecule has 0 fully saturated rings. The van der Waals surface area contributed by atoms with Gasteiger partial charge in [0.15, 0.2) is 0 Å². The van der Waals surface area contributed by atoms with Crippen LogP contribution in [-0.2, 0) is 6.54 Å². The Kier molecular flexibility index (Phi) is 4.91. The molecular formula is C17H19F2NO. The maximum atomic E-state index is 14.3. The minimum absolute atomic E-state index is 0.00703. The van der Waals surface area contributed by atoms with Crippen LogP contribution >= 0.6 is 0 Å². The molecule has 2 aromatic rings. The van der Waals surface area contributed by atoms with E-state index < -0.39 is 11.6 Å². The molecule has 0 saturated carbocycles. The second-order valence-electron chi connectivity index (χ2n) is 4.91. The van der Waals surface area contributed by atoms with E-state index in [2.05, 4.69) is 5.32 Å². The number of hydrogen-bond donors (Lipinski definition) is 1. The number of rotatable bonds is 5. The average molecular weight is 291 g/mol. The summed E-state index contributed by atoms with van der Waals surface area (Å²) in [4.78, 5) is 0. The highest BCUT2D eigenvalue weighted by molar-refractivity contribution is 5.70. The molecule has 2 rings (SSSR count). The van der Waals surface area contributed by atoms with Crippen molar-refractivity contribution < 1.29 is 13.5 Å². The minimum Gasteiger partial charge on any atom is -0.497 e. The van der Waals surface area contributed by atoms with Crippen molar-refractivity contribution in [2.45, 2.75) is 20.4 Å². The molecule has 1 N–H and O–H groups in total. The quantitative estimate of drug-likeness (QED) is 0.897. The van der Waals surface area contributed by atoms with Gasteiger partial charge in [0.2, 0.25) is 0 Å². The van der Waals surface area contributed by atoms with E-state index in [0.717, 1.165) is 17.7 Å². The zero-order valence-electron chi connectivity index (χ0n) is 12.5. The molecule has 2 aromatic carbocycles. The molecule has 0 radical (unpaired) electrons. The standard InChI is InChI=1S/C17H19F2NO/c1-4-20-10-12-6-5-11(2)7-14(12)17-15(18)8-13(21-3)9-16(17)19/h5-9,20H,4,10H2,1-3H3. The number of nitrogens with one attached hydrogen (secondary N) is 1. The molecule has 0 unspecified atom stereocenters. The number of hydrogen-bond acceptors (Lipinski definition) is 2. The lowest BCUT2D eigenvalue weighted by Crippen LogP contribution is -2.13. The molecule has 0 aliphatic heterocycles. The molecule has 0 spiro atoms. The van der Waals surface area contributed by atoms with E-state index in [1.807, 2.05) is 26.0 Å². The van der Waals surface area contributed by atoms with Crippen LogP contribution in [0.25, 0.3) is 11.1 Å². The first-order valence-electron chi connectivity index (χ1n) is 6.90. The number of benzene rings is 2. The van der Waals surface area contributed by atoms with E-state index >= 15 is 0 Å². The van der Waals surface area contributed by atoms with Crippen LogP contribution in [-0.4, -0.2) is 13.7 Å². The van der Waals surface area contributed by atoms with E-state index in [1.54, 1.807) is 6.07 Å². The lowest BCUT2D eigenvalue weighted by molar-refractivity contribution is 0.407. The maximum Gasteiger partial charge on any atom is 0.137 e. The Bertz CT molecular complexity index is 618. The van der Waals surface area contributed by atoms with Gasteiger partial charge in [-0.25, -0.2) is 8.78 Å². The Labute approximate surface area is 123 Å². The lowest BCUT2D eigenvalue weighted by Gasteiger charge is -2.14. The second-order valence-corrected chi connectivity index (χ2v) is 4.91. The van der Waals surface area contributed by atoms with Crippen LogP contribution in [0.1, 0.15) is 18.1 Å². The number of halogens is 2. The summed E-state index contributed by atoms with van der Waals surface area (Å²) in [6.45, 7) is 5.25. The molecule has 0 heterocycles. The monoisotopic (exact) mass is 291 g/mol. The van der Waals surface area contributed by atoms with Gasteiger partial charge in [0, 0.05) is 18.7 Å². The number of methoxy groups -OCH3 is 1. The molecule has 0 aliphatic carbocycles. The summed E-state index contributed by atoms with van der Waals surface area (Å²) >= 11 is 0. The first kappa shape index (κ1) is 15.4. The highest BCUT2D eigenvalue weighted by atomic mass is 19.1. The lowest BCUT2D eigenvalue weighted by atomic mass is 9.96. The van der Waals surface area contributed by atoms with Crippen molar-refractivity contribution in [2.75, 3.05) is 13.7 Å². The largest absolute Gasteiger partial charge is 0.497 e. The third-order valence-electron chi connectivity index (χ3n) is 3.35. The van der Waals surface area contributed by atoms with Gasteiger partial charge < -0.3 is 10.1 Å². The van der Waals surface area contributed by atoms with Crippen LogP contribution in [0.3, 0.4) is 0 Å². The zero-order chi connectivity index (χ0) is 15.4. The fraction of sp³-hybridized carbons (Fsp3) is 0.294. The third kappa shape index (κ3) is 3.39. The average Bonchev–Trinajstić information content (AvgIpc) is 2.45.